The highest BCUT2D eigenvalue weighted by Crippen LogP contribution is 2.26. The molecule has 0 bridgehead atoms. The molecule has 0 fully saturated rings. The molecule has 1 aromatic carbocycles. The van der Waals surface area contributed by atoms with Crippen molar-refractivity contribution >= 4 is 40.8 Å². The lowest BCUT2D eigenvalue weighted by molar-refractivity contribution is 0.0596. The second-order valence-electron chi connectivity index (χ2n) is 4.45. The summed E-state index contributed by atoms with van der Waals surface area (Å²) in [6.07, 6.45) is 0.622. The van der Waals surface area contributed by atoms with E-state index in [4.69, 9.17) is 32.7 Å². The van der Waals surface area contributed by atoms with E-state index in [1.54, 1.807) is 12.1 Å². The number of ether oxygens (including phenoxy) is 2. The Labute approximate surface area is 147 Å². The third-order valence-corrected chi connectivity index (χ3v) is 3.21. The van der Waals surface area contributed by atoms with Gasteiger partial charge in [-0.3, -0.25) is 0 Å². The first-order chi connectivity index (χ1) is 11.5. The molecule has 24 heavy (non-hydrogen) atoms. The number of hydrogen-bond acceptors (Lipinski definition) is 8. The molecule has 10 heteroatoms. The number of alkyl halides is 1. The van der Waals surface area contributed by atoms with Crippen molar-refractivity contribution in [1.82, 2.24) is 15.0 Å². The number of nitrogens with zero attached hydrogens (tertiary/aromatic N) is 3. The summed E-state index contributed by atoms with van der Waals surface area (Å²) in [5.74, 6) is 0.281. The number of methoxy groups -OCH3 is 1. The number of rotatable bonds is 7. The maximum absolute atomic E-state index is 11.8. The van der Waals surface area contributed by atoms with E-state index >= 15 is 0 Å². The Bertz CT molecular complexity index is 710. The highest BCUT2D eigenvalue weighted by molar-refractivity contribution is 6.28. The second kappa shape index (κ2) is 8.51. The van der Waals surface area contributed by atoms with Crippen molar-refractivity contribution in [2.24, 2.45) is 0 Å². The normalized spacial score (nSPS) is 10.3. The summed E-state index contributed by atoms with van der Waals surface area (Å²) < 4.78 is 10.3. The molecule has 0 unspecified atom stereocenters. The van der Waals surface area contributed by atoms with Crippen LogP contribution in [-0.4, -0.2) is 45.6 Å². The zero-order valence-electron chi connectivity index (χ0n) is 12.6. The summed E-state index contributed by atoms with van der Waals surface area (Å²) in [5.41, 5.74) is 0.791. The first kappa shape index (κ1) is 18.0. The van der Waals surface area contributed by atoms with E-state index in [0.29, 0.717) is 30.3 Å². The van der Waals surface area contributed by atoms with Crippen LogP contribution in [0.1, 0.15) is 16.8 Å². The minimum absolute atomic E-state index is 0.0463. The first-order valence-corrected chi connectivity index (χ1v) is 7.73. The zero-order chi connectivity index (χ0) is 17.5. The second-order valence-corrected chi connectivity index (χ2v) is 5.16. The van der Waals surface area contributed by atoms with Crippen LogP contribution in [0.4, 0.5) is 11.6 Å². The molecule has 1 heterocycles. The van der Waals surface area contributed by atoms with Gasteiger partial charge in [-0.25, -0.2) is 4.79 Å². The van der Waals surface area contributed by atoms with Gasteiger partial charge in [0, 0.05) is 17.6 Å². The number of carbonyl (C=O) groups excluding carboxylic acids is 1. The summed E-state index contributed by atoms with van der Waals surface area (Å²) in [7, 11) is 1.28. The predicted molar refractivity (Wildman–Crippen MR) is 88.4 cm³/mol. The van der Waals surface area contributed by atoms with Gasteiger partial charge < -0.3 is 19.9 Å². The fourth-order valence-corrected chi connectivity index (χ4v) is 2.02. The summed E-state index contributed by atoms with van der Waals surface area (Å²) in [6, 6.07) is 4.21. The Kier molecular flexibility index (Phi) is 6.39. The highest BCUT2D eigenvalue weighted by atomic mass is 35.5. The van der Waals surface area contributed by atoms with Crippen molar-refractivity contribution in [2.45, 2.75) is 6.42 Å². The fraction of sp³-hybridized carbons (Fsp3) is 0.286. The lowest BCUT2D eigenvalue weighted by Crippen LogP contribution is -2.08. The average Bonchev–Trinajstić information content (AvgIpc) is 2.53. The Morgan fingerprint density at radius 1 is 1.33 bits per heavy atom. The van der Waals surface area contributed by atoms with E-state index in [2.05, 4.69) is 20.3 Å². The highest BCUT2D eigenvalue weighted by Gasteiger charge is 2.14. The predicted octanol–water partition coefficient (Wildman–Crippen LogP) is 2.77. The van der Waals surface area contributed by atoms with Crippen LogP contribution in [0.15, 0.2) is 18.2 Å². The molecule has 0 spiro atoms. The third-order valence-electron chi connectivity index (χ3n) is 2.77. The van der Waals surface area contributed by atoms with E-state index < -0.39 is 12.0 Å². The van der Waals surface area contributed by atoms with Gasteiger partial charge in [-0.05, 0) is 30.2 Å². The van der Waals surface area contributed by atoms with Gasteiger partial charge in [0.2, 0.25) is 11.2 Å². The van der Waals surface area contributed by atoms with Gasteiger partial charge in [0.1, 0.15) is 11.3 Å². The van der Waals surface area contributed by atoms with Crippen LogP contribution in [0.25, 0.3) is 0 Å². The van der Waals surface area contributed by atoms with Crippen LogP contribution in [0.3, 0.4) is 0 Å². The van der Waals surface area contributed by atoms with E-state index in [1.165, 1.54) is 13.2 Å². The number of anilines is 2. The zero-order valence-corrected chi connectivity index (χ0v) is 14.1. The first-order valence-electron chi connectivity index (χ1n) is 6.82. The van der Waals surface area contributed by atoms with Crippen molar-refractivity contribution in [3.63, 3.8) is 0 Å². The SMILES string of the molecule is COC(=O)c1ccc(Nc2nc(O)nc(Cl)n2)cc1OCCCCl. The van der Waals surface area contributed by atoms with E-state index in [0.717, 1.165) is 0 Å². The molecular weight excluding hydrogens is 359 g/mol. The monoisotopic (exact) mass is 372 g/mol. The molecule has 0 radical (unpaired) electrons. The molecule has 0 atom stereocenters. The molecule has 0 aliphatic rings. The molecule has 0 amide bonds. The number of esters is 1. The van der Waals surface area contributed by atoms with Crippen LogP contribution in [0, 0.1) is 0 Å². The lowest BCUT2D eigenvalue weighted by Gasteiger charge is -2.12. The van der Waals surface area contributed by atoms with Gasteiger partial charge in [0.15, 0.2) is 0 Å². The summed E-state index contributed by atoms with van der Waals surface area (Å²) in [6.45, 7) is 0.343. The molecule has 8 nitrogen and oxygen atoms in total. The fourth-order valence-electron chi connectivity index (χ4n) is 1.76. The van der Waals surface area contributed by atoms with Gasteiger partial charge in [0.05, 0.1) is 13.7 Å². The molecule has 0 saturated heterocycles. The summed E-state index contributed by atoms with van der Waals surface area (Å²) >= 11 is 11.3. The Hall–Kier alpha value is -2.32. The van der Waals surface area contributed by atoms with Gasteiger partial charge in [-0.2, -0.15) is 15.0 Å². The molecule has 1 aromatic heterocycles. The molecule has 2 rings (SSSR count). The summed E-state index contributed by atoms with van der Waals surface area (Å²) in [4.78, 5) is 22.8. The Balaban J connectivity index is 2.26. The number of aromatic nitrogens is 3. The van der Waals surface area contributed by atoms with Crippen LogP contribution in [0.2, 0.25) is 5.28 Å². The quantitative estimate of drug-likeness (QED) is 0.434. The molecule has 0 saturated carbocycles. The van der Waals surface area contributed by atoms with Gasteiger partial charge >= 0.3 is 12.0 Å². The van der Waals surface area contributed by atoms with E-state index in [1.807, 2.05) is 0 Å². The van der Waals surface area contributed by atoms with Gasteiger partial charge in [0.25, 0.3) is 0 Å². The minimum Gasteiger partial charge on any atom is -0.493 e. The lowest BCUT2D eigenvalue weighted by atomic mass is 10.2. The van der Waals surface area contributed by atoms with Crippen LogP contribution >= 0.6 is 23.2 Å². The third kappa shape index (κ3) is 4.84. The number of aromatic hydroxyl groups is 1. The van der Waals surface area contributed by atoms with Crippen molar-refractivity contribution in [1.29, 1.82) is 0 Å². The number of halogens is 2. The Morgan fingerprint density at radius 3 is 2.79 bits per heavy atom. The van der Waals surface area contributed by atoms with Crippen molar-refractivity contribution in [2.75, 3.05) is 24.9 Å². The smallest absolute Gasteiger partial charge is 0.341 e. The molecule has 0 aliphatic heterocycles. The van der Waals surface area contributed by atoms with Crippen LogP contribution < -0.4 is 10.1 Å². The van der Waals surface area contributed by atoms with E-state index in [-0.39, 0.29) is 16.8 Å². The largest absolute Gasteiger partial charge is 0.493 e. The molecular formula is C14H14Cl2N4O4. The van der Waals surface area contributed by atoms with Crippen LogP contribution in [-0.2, 0) is 4.74 Å². The number of carbonyl (C=O) groups is 1. The molecule has 2 aromatic rings. The maximum Gasteiger partial charge on any atom is 0.341 e. The number of hydrogen-bond donors (Lipinski definition) is 2. The van der Waals surface area contributed by atoms with E-state index in [9.17, 15) is 9.90 Å². The summed E-state index contributed by atoms with van der Waals surface area (Å²) in [5, 5.41) is 12.0. The molecule has 2 N–H and O–H groups in total. The Morgan fingerprint density at radius 2 is 2.12 bits per heavy atom. The average molecular weight is 373 g/mol. The van der Waals surface area contributed by atoms with Gasteiger partial charge in [-0.1, -0.05) is 0 Å². The topological polar surface area (TPSA) is 106 Å². The number of nitrogens with one attached hydrogen (secondary N) is 1. The minimum atomic E-state index is -0.525. The molecule has 128 valence electrons. The molecule has 0 aliphatic carbocycles. The maximum atomic E-state index is 11.8. The number of benzene rings is 1. The van der Waals surface area contributed by atoms with Gasteiger partial charge in [-0.15, -0.1) is 11.6 Å². The van der Waals surface area contributed by atoms with Crippen molar-refractivity contribution < 1.29 is 19.4 Å². The van der Waals surface area contributed by atoms with Crippen molar-refractivity contribution in [3.05, 3.63) is 29.0 Å². The standard InChI is InChI=1S/C14H14Cl2N4O4/c1-23-11(21)9-4-3-8(7-10(9)24-6-2-5-15)17-13-18-12(16)19-14(22)20-13/h3-4,7H,2,5-6H2,1H3,(H2,17,18,19,20,22). The van der Waals surface area contributed by atoms with Crippen LogP contribution in [0.5, 0.6) is 11.8 Å². The van der Waals surface area contributed by atoms with Crippen molar-refractivity contribution in [3.8, 4) is 11.8 Å².